The lowest BCUT2D eigenvalue weighted by Gasteiger charge is -2.30. The average Bonchev–Trinajstić information content (AvgIpc) is 2.48. The zero-order chi connectivity index (χ0) is 15.3. The number of benzene rings is 1. The summed E-state index contributed by atoms with van der Waals surface area (Å²) in [5, 5.41) is 2.80. The van der Waals surface area contributed by atoms with Crippen LogP contribution in [0.1, 0.15) is 25.3 Å². The topological polar surface area (TPSA) is 66.5 Å². The fraction of sp³-hybridized carbons (Fsp3) is 0.533. The summed E-state index contributed by atoms with van der Waals surface area (Å²) < 4.78 is 26.3. The van der Waals surface area contributed by atoms with Gasteiger partial charge >= 0.3 is 0 Å². The van der Waals surface area contributed by atoms with Crippen LogP contribution in [0, 0.1) is 5.92 Å². The van der Waals surface area contributed by atoms with E-state index in [0.717, 1.165) is 5.56 Å². The van der Waals surface area contributed by atoms with Gasteiger partial charge in [-0.15, -0.1) is 0 Å². The van der Waals surface area contributed by atoms with Crippen molar-refractivity contribution in [3.05, 3.63) is 35.9 Å². The molecule has 1 N–H and O–H groups in total. The fourth-order valence-corrected chi connectivity index (χ4v) is 4.15. The molecule has 0 bridgehead atoms. The maximum Gasteiger partial charge on any atom is 0.223 e. The summed E-state index contributed by atoms with van der Waals surface area (Å²) >= 11 is 0. The molecule has 1 heterocycles. The molecule has 6 heteroatoms. The Kier molecular flexibility index (Phi) is 5.36. The molecule has 1 aliphatic rings. The fourth-order valence-electron chi connectivity index (χ4n) is 2.59. The minimum Gasteiger partial charge on any atom is -0.356 e. The molecule has 0 atom stereocenters. The molecule has 1 aliphatic heterocycles. The Bertz CT molecular complexity index is 564. The summed E-state index contributed by atoms with van der Waals surface area (Å²) in [6, 6.07) is 9.18. The van der Waals surface area contributed by atoms with Crippen LogP contribution in [0.2, 0.25) is 0 Å². The minimum absolute atomic E-state index is 0.0274. The van der Waals surface area contributed by atoms with Crippen LogP contribution in [0.5, 0.6) is 0 Å². The average molecular weight is 310 g/mol. The van der Waals surface area contributed by atoms with Crippen LogP contribution >= 0.6 is 0 Å². The van der Waals surface area contributed by atoms with Crippen LogP contribution in [0.15, 0.2) is 30.3 Å². The predicted octanol–water partition coefficient (Wildman–Crippen LogP) is 1.36. The molecule has 1 aromatic rings. The Hall–Kier alpha value is -1.40. The van der Waals surface area contributed by atoms with E-state index >= 15 is 0 Å². The second-order valence-corrected chi connectivity index (χ2v) is 7.28. The second-order valence-electron chi connectivity index (χ2n) is 5.31. The van der Waals surface area contributed by atoms with Crippen molar-refractivity contribution in [2.24, 2.45) is 5.92 Å². The molecular weight excluding hydrogens is 288 g/mol. The van der Waals surface area contributed by atoms with Crippen molar-refractivity contribution in [2.75, 3.05) is 19.6 Å². The van der Waals surface area contributed by atoms with Gasteiger partial charge in [0.2, 0.25) is 15.9 Å². The smallest absolute Gasteiger partial charge is 0.223 e. The molecule has 1 amide bonds. The van der Waals surface area contributed by atoms with Gasteiger partial charge in [0.05, 0.1) is 5.75 Å². The highest BCUT2D eigenvalue weighted by Crippen LogP contribution is 2.21. The van der Waals surface area contributed by atoms with Crippen molar-refractivity contribution in [3.63, 3.8) is 0 Å². The van der Waals surface area contributed by atoms with E-state index in [0.29, 0.717) is 32.5 Å². The van der Waals surface area contributed by atoms with Gasteiger partial charge in [0.1, 0.15) is 0 Å². The number of rotatable bonds is 5. The van der Waals surface area contributed by atoms with E-state index in [1.807, 2.05) is 37.3 Å². The van der Waals surface area contributed by atoms with Gasteiger partial charge in [-0.1, -0.05) is 30.3 Å². The molecule has 1 aromatic carbocycles. The number of hydrogen-bond donors (Lipinski definition) is 1. The molecule has 0 spiro atoms. The molecule has 0 radical (unpaired) electrons. The van der Waals surface area contributed by atoms with Gasteiger partial charge in [0.25, 0.3) is 0 Å². The number of nitrogens with zero attached hydrogens (tertiary/aromatic N) is 1. The van der Waals surface area contributed by atoms with E-state index < -0.39 is 10.0 Å². The molecule has 0 saturated carbocycles. The first kappa shape index (κ1) is 16.0. The summed E-state index contributed by atoms with van der Waals surface area (Å²) in [7, 11) is -3.30. The number of carbonyl (C=O) groups excluding carboxylic acids is 1. The van der Waals surface area contributed by atoms with Gasteiger partial charge in [-0.2, -0.15) is 0 Å². The Labute approximate surface area is 126 Å². The van der Waals surface area contributed by atoms with Gasteiger partial charge < -0.3 is 5.32 Å². The molecule has 0 aliphatic carbocycles. The molecule has 5 nitrogen and oxygen atoms in total. The second kappa shape index (κ2) is 7.04. The number of carbonyl (C=O) groups is 1. The molecule has 21 heavy (non-hydrogen) atoms. The van der Waals surface area contributed by atoms with Crippen LogP contribution in [0.25, 0.3) is 0 Å². The highest BCUT2D eigenvalue weighted by molar-refractivity contribution is 7.88. The third-order valence-electron chi connectivity index (χ3n) is 3.76. The van der Waals surface area contributed by atoms with Crippen molar-refractivity contribution in [2.45, 2.75) is 25.5 Å². The summed E-state index contributed by atoms with van der Waals surface area (Å²) in [5.41, 5.74) is 0.795. The first-order valence-corrected chi connectivity index (χ1v) is 8.93. The zero-order valence-corrected chi connectivity index (χ0v) is 13.1. The highest BCUT2D eigenvalue weighted by atomic mass is 32.2. The predicted molar refractivity (Wildman–Crippen MR) is 82.0 cm³/mol. The van der Waals surface area contributed by atoms with E-state index in [-0.39, 0.29) is 17.6 Å². The van der Waals surface area contributed by atoms with Gasteiger partial charge in [-0.3, -0.25) is 4.79 Å². The van der Waals surface area contributed by atoms with Gasteiger partial charge in [0, 0.05) is 25.6 Å². The van der Waals surface area contributed by atoms with E-state index in [4.69, 9.17) is 0 Å². The zero-order valence-electron chi connectivity index (χ0n) is 12.3. The summed E-state index contributed by atoms with van der Waals surface area (Å²) in [6.07, 6.45) is 1.19. The molecule has 0 aromatic heterocycles. The van der Waals surface area contributed by atoms with Gasteiger partial charge in [-0.05, 0) is 25.3 Å². The van der Waals surface area contributed by atoms with Gasteiger partial charge in [-0.25, -0.2) is 12.7 Å². The highest BCUT2D eigenvalue weighted by Gasteiger charge is 2.30. The van der Waals surface area contributed by atoms with Crippen LogP contribution in [0.4, 0.5) is 0 Å². The minimum atomic E-state index is -3.30. The maximum absolute atomic E-state index is 12.4. The molecule has 1 saturated heterocycles. The number of amides is 1. The first-order chi connectivity index (χ1) is 10.0. The largest absolute Gasteiger partial charge is 0.356 e. The number of piperidine rings is 1. The normalized spacial score (nSPS) is 17.6. The van der Waals surface area contributed by atoms with Crippen molar-refractivity contribution in [3.8, 4) is 0 Å². The number of hydrogen-bond acceptors (Lipinski definition) is 3. The lowest BCUT2D eigenvalue weighted by atomic mass is 9.97. The van der Waals surface area contributed by atoms with Crippen LogP contribution < -0.4 is 5.32 Å². The number of sulfonamides is 1. The molecule has 1 fully saturated rings. The summed E-state index contributed by atoms with van der Waals surface area (Å²) in [5.74, 6) is 0.00497. The monoisotopic (exact) mass is 310 g/mol. The Morgan fingerprint density at radius 3 is 2.43 bits per heavy atom. The SMILES string of the molecule is CCNC(=O)C1CCN(S(=O)(=O)Cc2ccccc2)CC1. The van der Waals surface area contributed by atoms with Crippen LogP contribution in [0.3, 0.4) is 0 Å². The van der Waals surface area contributed by atoms with Crippen LogP contribution in [-0.4, -0.2) is 38.3 Å². The molecule has 0 unspecified atom stereocenters. The lowest BCUT2D eigenvalue weighted by Crippen LogP contribution is -2.43. The standard InChI is InChI=1S/C15H22N2O3S/c1-2-16-15(18)14-8-10-17(11-9-14)21(19,20)12-13-6-4-3-5-7-13/h3-7,14H,2,8-12H2,1H3,(H,16,18). The summed E-state index contributed by atoms with van der Waals surface area (Å²) in [6.45, 7) is 3.36. The van der Waals surface area contributed by atoms with Crippen molar-refractivity contribution in [1.29, 1.82) is 0 Å². The third-order valence-corrected chi connectivity index (χ3v) is 5.61. The first-order valence-electron chi connectivity index (χ1n) is 7.32. The Morgan fingerprint density at radius 2 is 1.86 bits per heavy atom. The molecule has 2 rings (SSSR count). The van der Waals surface area contributed by atoms with Gasteiger partial charge in [0.15, 0.2) is 0 Å². The maximum atomic E-state index is 12.4. The summed E-state index contributed by atoms with van der Waals surface area (Å²) in [4.78, 5) is 11.8. The quantitative estimate of drug-likeness (QED) is 0.893. The van der Waals surface area contributed by atoms with Crippen molar-refractivity contribution in [1.82, 2.24) is 9.62 Å². The lowest BCUT2D eigenvalue weighted by molar-refractivity contribution is -0.126. The van der Waals surface area contributed by atoms with Crippen LogP contribution in [-0.2, 0) is 20.6 Å². The van der Waals surface area contributed by atoms with Crippen molar-refractivity contribution >= 4 is 15.9 Å². The third kappa shape index (κ3) is 4.28. The molecule has 116 valence electrons. The van der Waals surface area contributed by atoms with E-state index in [1.54, 1.807) is 0 Å². The Morgan fingerprint density at radius 1 is 1.24 bits per heavy atom. The molecular formula is C15H22N2O3S. The van der Waals surface area contributed by atoms with E-state index in [2.05, 4.69) is 5.32 Å². The van der Waals surface area contributed by atoms with E-state index in [1.165, 1.54) is 4.31 Å². The number of nitrogens with one attached hydrogen (secondary N) is 1. The Balaban J connectivity index is 1.93. The van der Waals surface area contributed by atoms with Crippen molar-refractivity contribution < 1.29 is 13.2 Å². The van der Waals surface area contributed by atoms with E-state index in [9.17, 15) is 13.2 Å².